The first kappa shape index (κ1) is 17.8. The third-order valence-corrected chi connectivity index (χ3v) is 3.50. The highest BCUT2D eigenvalue weighted by Gasteiger charge is 2.04. The van der Waals surface area contributed by atoms with Gasteiger partial charge >= 0.3 is 0 Å². The molecule has 1 amide bonds. The fourth-order valence-electron chi connectivity index (χ4n) is 2.29. The van der Waals surface area contributed by atoms with Crippen molar-refractivity contribution in [2.45, 2.75) is 19.8 Å². The molecule has 0 atom stereocenters. The van der Waals surface area contributed by atoms with Crippen LogP contribution in [-0.4, -0.2) is 25.6 Å². The van der Waals surface area contributed by atoms with Crippen LogP contribution in [0.2, 0.25) is 0 Å². The normalized spacial score (nSPS) is 10.2. The largest absolute Gasteiger partial charge is 0.492 e. The van der Waals surface area contributed by atoms with Gasteiger partial charge in [-0.15, -0.1) is 0 Å². The van der Waals surface area contributed by atoms with Gasteiger partial charge in [-0.25, -0.2) is 4.39 Å². The number of carbonyl (C=O) groups excluding carboxylic acids is 1. The fourth-order valence-corrected chi connectivity index (χ4v) is 2.29. The Morgan fingerprint density at radius 2 is 1.83 bits per heavy atom. The van der Waals surface area contributed by atoms with Gasteiger partial charge in [0.15, 0.2) is 0 Å². The van der Waals surface area contributed by atoms with Crippen molar-refractivity contribution in [3.63, 3.8) is 0 Å². The highest BCUT2D eigenvalue weighted by atomic mass is 19.1. The average Bonchev–Trinajstić information content (AvgIpc) is 2.58. The van der Waals surface area contributed by atoms with Gasteiger partial charge < -0.3 is 15.4 Å². The summed E-state index contributed by atoms with van der Waals surface area (Å²) in [5.74, 6) is 0.524. The first-order chi connectivity index (χ1) is 11.7. The lowest BCUT2D eigenvalue weighted by molar-refractivity contribution is -0.120. The van der Waals surface area contributed by atoms with E-state index in [0.29, 0.717) is 32.5 Å². The summed E-state index contributed by atoms with van der Waals surface area (Å²) in [7, 11) is 0. The Kier molecular flexibility index (Phi) is 7.08. The van der Waals surface area contributed by atoms with E-state index in [4.69, 9.17) is 4.74 Å². The highest BCUT2D eigenvalue weighted by molar-refractivity contribution is 5.76. The van der Waals surface area contributed by atoms with Gasteiger partial charge in [-0.3, -0.25) is 4.79 Å². The van der Waals surface area contributed by atoms with E-state index in [1.807, 2.05) is 31.2 Å². The van der Waals surface area contributed by atoms with Crippen molar-refractivity contribution in [1.29, 1.82) is 0 Å². The van der Waals surface area contributed by atoms with Crippen molar-refractivity contribution in [3.05, 3.63) is 59.9 Å². The van der Waals surface area contributed by atoms with E-state index in [-0.39, 0.29) is 11.7 Å². The maximum atomic E-state index is 12.8. The lowest BCUT2D eigenvalue weighted by atomic mass is 10.1. The summed E-state index contributed by atoms with van der Waals surface area (Å²) in [6.07, 6.45) is 1.07. The molecule has 0 unspecified atom stereocenters. The van der Waals surface area contributed by atoms with E-state index in [1.165, 1.54) is 12.1 Å². The van der Waals surface area contributed by atoms with Gasteiger partial charge in [-0.05, 0) is 43.2 Å². The lowest BCUT2D eigenvalue weighted by Crippen LogP contribution is -2.27. The minimum Gasteiger partial charge on any atom is -0.492 e. The van der Waals surface area contributed by atoms with E-state index in [2.05, 4.69) is 10.6 Å². The molecule has 5 heteroatoms. The number of anilines is 1. The monoisotopic (exact) mass is 330 g/mol. The number of para-hydroxylation sites is 2. The molecule has 0 radical (unpaired) electrons. The number of hydrogen-bond donors (Lipinski definition) is 2. The van der Waals surface area contributed by atoms with Crippen LogP contribution >= 0.6 is 0 Å². The van der Waals surface area contributed by atoms with Crippen molar-refractivity contribution in [2.75, 3.05) is 25.0 Å². The molecule has 0 spiro atoms. The maximum Gasteiger partial charge on any atom is 0.221 e. The van der Waals surface area contributed by atoms with Crippen molar-refractivity contribution in [3.8, 4) is 5.75 Å². The molecular weight excluding hydrogens is 307 g/mol. The van der Waals surface area contributed by atoms with Crippen LogP contribution in [0, 0.1) is 5.82 Å². The Morgan fingerprint density at radius 1 is 1.08 bits per heavy atom. The molecule has 128 valence electrons. The molecule has 0 saturated carbocycles. The first-order valence-electron chi connectivity index (χ1n) is 8.16. The molecule has 0 aliphatic carbocycles. The van der Waals surface area contributed by atoms with Gasteiger partial charge in [0.1, 0.15) is 11.6 Å². The standard InChI is InChI=1S/C19H23FN2O2/c1-2-24-18-6-4-3-5-17(18)21-14-12-19(23)22-13-11-15-7-9-16(20)10-8-15/h3-10,21H,2,11-14H2,1H3,(H,22,23). The van der Waals surface area contributed by atoms with E-state index in [0.717, 1.165) is 17.0 Å². The fraction of sp³-hybridized carbons (Fsp3) is 0.316. The second-order valence-electron chi connectivity index (χ2n) is 5.33. The molecule has 0 fully saturated rings. The van der Waals surface area contributed by atoms with Crippen molar-refractivity contribution in [1.82, 2.24) is 5.32 Å². The molecule has 0 heterocycles. The predicted molar refractivity (Wildman–Crippen MR) is 93.8 cm³/mol. The molecule has 0 saturated heterocycles. The molecule has 0 bridgehead atoms. The van der Waals surface area contributed by atoms with Crippen LogP contribution in [0.5, 0.6) is 5.75 Å². The molecule has 24 heavy (non-hydrogen) atoms. The van der Waals surface area contributed by atoms with Crippen LogP contribution in [-0.2, 0) is 11.2 Å². The minimum absolute atomic E-state index is 0.0153. The molecule has 4 nitrogen and oxygen atoms in total. The number of ether oxygens (including phenoxy) is 1. The number of rotatable bonds is 9. The molecule has 2 aromatic rings. The Labute approximate surface area is 142 Å². The molecule has 0 aliphatic rings. The third kappa shape index (κ3) is 5.91. The second kappa shape index (κ2) is 9.55. The molecule has 2 N–H and O–H groups in total. The zero-order valence-corrected chi connectivity index (χ0v) is 13.8. The summed E-state index contributed by atoms with van der Waals surface area (Å²) < 4.78 is 18.3. The van der Waals surface area contributed by atoms with Gasteiger partial charge in [0.25, 0.3) is 0 Å². The van der Waals surface area contributed by atoms with Crippen molar-refractivity contribution < 1.29 is 13.9 Å². The minimum atomic E-state index is -0.249. The van der Waals surface area contributed by atoms with Crippen LogP contribution in [0.1, 0.15) is 18.9 Å². The Morgan fingerprint density at radius 3 is 2.58 bits per heavy atom. The summed E-state index contributed by atoms with van der Waals surface area (Å²) >= 11 is 0. The van der Waals surface area contributed by atoms with E-state index < -0.39 is 0 Å². The summed E-state index contributed by atoms with van der Waals surface area (Å²) in [6.45, 7) is 3.61. The Balaban J connectivity index is 1.67. The number of nitrogens with one attached hydrogen (secondary N) is 2. The second-order valence-corrected chi connectivity index (χ2v) is 5.33. The number of carbonyl (C=O) groups is 1. The number of hydrogen-bond acceptors (Lipinski definition) is 3. The first-order valence-corrected chi connectivity index (χ1v) is 8.16. The van der Waals surface area contributed by atoms with Crippen LogP contribution in [0.4, 0.5) is 10.1 Å². The smallest absolute Gasteiger partial charge is 0.221 e. The van der Waals surface area contributed by atoms with Crippen LogP contribution in [0.15, 0.2) is 48.5 Å². The quantitative estimate of drug-likeness (QED) is 0.741. The van der Waals surface area contributed by atoms with Gasteiger partial charge in [0.05, 0.1) is 12.3 Å². The molecule has 2 aromatic carbocycles. The van der Waals surface area contributed by atoms with Gasteiger partial charge in [-0.1, -0.05) is 24.3 Å². The SMILES string of the molecule is CCOc1ccccc1NCCC(=O)NCCc1ccc(F)cc1. The van der Waals surface area contributed by atoms with Gasteiger partial charge in [-0.2, -0.15) is 0 Å². The van der Waals surface area contributed by atoms with Crippen molar-refractivity contribution >= 4 is 11.6 Å². The average molecular weight is 330 g/mol. The van der Waals surface area contributed by atoms with E-state index in [1.54, 1.807) is 12.1 Å². The van der Waals surface area contributed by atoms with Gasteiger partial charge in [0, 0.05) is 19.5 Å². The van der Waals surface area contributed by atoms with E-state index >= 15 is 0 Å². The third-order valence-electron chi connectivity index (χ3n) is 3.50. The zero-order valence-electron chi connectivity index (χ0n) is 13.8. The van der Waals surface area contributed by atoms with Crippen LogP contribution < -0.4 is 15.4 Å². The number of halogens is 1. The molecule has 0 aliphatic heterocycles. The topological polar surface area (TPSA) is 50.4 Å². The molecule has 2 rings (SSSR count). The van der Waals surface area contributed by atoms with E-state index in [9.17, 15) is 9.18 Å². The molecule has 0 aromatic heterocycles. The van der Waals surface area contributed by atoms with Gasteiger partial charge in [0.2, 0.25) is 5.91 Å². The lowest BCUT2D eigenvalue weighted by Gasteiger charge is -2.12. The summed E-state index contributed by atoms with van der Waals surface area (Å²) in [5, 5.41) is 6.08. The zero-order chi connectivity index (χ0) is 17.2. The summed E-state index contributed by atoms with van der Waals surface area (Å²) in [6, 6.07) is 14.0. The Bertz CT molecular complexity index is 644. The van der Waals surface area contributed by atoms with Crippen LogP contribution in [0.25, 0.3) is 0 Å². The van der Waals surface area contributed by atoms with Crippen LogP contribution in [0.3, 0.4) is 0 Å². The summed E-state index contributed by atoms with van der Waals surface area (Å²) in [5.41, 5.74) is 1.89. The molecular formula is C19H23FN2O2. The Hall–Kier alpha value is -2.56. The summed E-state index contributed by atoms with van der Waals surface area (Å²) in [4.78, 5) is 11.8. The maximum absolute atomic E-state index is 12.8. The predicted octanol–water partition coefficient (Wildman–Crippen LogP) is 3.39. The highest BCUT2D eigenvalue weighted by Crippen LogP contribution is 2.23. The number of amides is 1. The number of benzene rings is 2. The van der Waals surface area contributed by atoms with Crippen molar-refractivity contribution in [2.24, 2.45) is 0 Å².